The normalized spacial score (nSPS) is 14.3. The Balaban J connectivity index is 1.44. The minimum absolute atomic E-state index is 0.0573. The van der Waals surface area contributed by atoms with E-state index in [0.29, 0.717) is 24.2 Å². The molecule has 23 heavy (non-hydrogen) atoms. The zero-order chi connectivity index (χ0) is 15.8. The number of amides is 1. The molecule has 0 spiro atoms. The van der Waals surface area contributed by atoms with Crippen LogP contribution < -0.4 is 5.32 Å². The van der Waals surface area contributed by atoms with Crippen LogP contribution in [0.3, 0.4) is 0 Å². The molecule has 0 unspecified atom stereocenters. The van der Waals surface area contributed by atoms with Gasteiger partial charge in [-0.05, 0) is 37.5 Å². The van der Waals surface area contributed by atoms with Crippen molar-refractivity contribution in [3.63, 3.8) is 0 Å². The van der Waals surface area contributed by atoms with Crippen molar-refractivity contribution in [2.24, 2.45) is 0 Å². The Morgan fingerprint density at radius 3 is 3.00 bits per heavy atom. The summed E-state index contributed by atoms with van der Waals surface area (Å²) in [4.78, 5) is 16.3. The van der Waals surface area contributed by atoms with Crippen LogP contribution in [0.25, 0.3) is 10.2 Å². The van der Waals surface area contributed by atoms with Gasteiger partial charge in [0.2, 0.25) is 17.7 Å². The lowest BCUT2D eigenvalue weighted by molar-refractivity contribution is -0.120. The lowest BCUT2D eigenvalue weighted by Gasteiger charge is -1.98. The molecule has 1 fully saturated rings. The summed E-state index contributed by atoms with van der Waals surface area (Å²) in [5.41, 5.74) is 2.18. The Hall–Kier alpha value is -2.28. The second-order valence-electron chi connectivity index (χ2n) is 5.86. The maximum absolute atomic E-state index is 11.7. The quantitative estimate of drug-likeness (QED) is 0.778. The van der Waals surface area contributed by atoms with E-state index < -0.39 is 0 Å². The van der Waals surface area contributed by atoms with E-state index in [2.05, 4.69) is 45.6 Å². The van der Waals surface area contributed by atoms with E-state index >= 15 is 0 Å². The van der Waals surface area contributed by atoms with E-state index in [4.69, 9.17) is 4.42 Å². The average Bonchev–Trinajstić information content (AvgIpc) is 3.05. The molecule has 0 bridgehead atoms. The number of nitrogens with one attached hydrogen (secondary N) is 1. The summed E-state index contributed by atoms with van der Waals surface area (Å²) in [5, 5.41) is 11.8. The number of nitrogens with zero attached hydrogens (tertiary/aromatic N) is 3. The third-order valence-electron chi connectivity index (χ3n) is 3.65. The molecule has 118 valence electrons. The lowest BCUT2D eigenvalue weighted by atomic mass is 10.2. The number of aromatic nitrogens is 3. The number of benzene rings is 1. The second-order valence-corrected chi connectivity index (χ2v) is 6.98. The van der Waals surface area contributed by atoms with Gasteiger partial charge in [-0.25, -0.2) is 4.98 Å². The molecule has 1 aromatic carbocycles. The molecule has 0 saturated heterocycles. The highest BCUT2D eigenvalue weighted by atomic mass is 32.1. The van der Waals surface area contributed by atoms with Crippen molar-refractivity contribution in [2.75, 3.05) is 0 Å². The van der Waals surface area contributed by atoms with Gasteiger partial charge in [0.15, 0.2) is 0 Å². The molecule has 1 N–H and O–H groups in total. The zero-order valence-corrected chi connectivity index (χ0v) is 13.5. The second kappa shape index (κ2) is 5.73. The topological polar surface area (TPSA) is 80.9 Å². The third-order valence-corrected chi connectivity index (χ3v) is 4.69. The van der Waals surface area contributed by atoms with Gasteiger partial charge in [0.05, 0.1) is 16.6 Å². The molecule has 1 aliphatic rings. The molecule has 3 aromatic rings. The predicted molar refractivity (Wildman–Crippen MR) is 86.3 cm³/mol. The third kappa shape index (κ3) is 3.39. The summed E-state index contributed by atoms with van der Waals surface area (Å²) in [6.45, 7) is 2.05. The summed E-state index contributed by atoms with van der Waals surface area (Å²) in [6.07, 6.45) is 2.77. The molecule has 6 nitrogen and oxygen atoms in total. The number of aryl methyl sites for hydroxylation is 1. The van der Waals surface area contributed by atoms with Crippen molar-refractivity contribution in [3.05, 3.63) is 40.6 Å². The van der Waals surface area contributed by atoms with Gasteiger partial charge in [0.25, 0.3) is 0 Å². The van der Waals surface area contributed by atoms with Gasteiger partial charge in [-0.15, -0.1) is 21.5 Å². The molecular weight excluding hydrogens is 312 g/mol. The largest absolute Gasteiger partial charge is 0.424 e. The van der Waals surface area contributed by atoms with Crippen molar-refractivity contribution < 1.29 is 9.21 Å². The highest BCUT2D eigenvalue weighted by Crippen LogP contribution is 2.24. The Labute approximate surface area is 136 Å². The van der Waals surface area contributed by atoms with Gasteiger partial charge < -0.3 is 9.73 Å². The van der Waals surface area contributed by atoms with Crippen LogP contribution in [0.5, 0.6) is 0 Å². The Bertz CT molecular complexity index is 866. The van der Waals surface area contributed by atoms with E-state index in [1.807, 2.05) is 0 Å². The smallest absolute Gasteiger partial charge is 0.229 e. The molecule has 1 saturated carbocycles. The van der Waals surface area contributed by atoms with Crippen LogP contribution in [-0.2, 0) is 17.6 Å². The number of carbonyl (C=O) groups excluding carboxylic acids is 1. The fourth-order valence-electron chi connectivity index (χ4n) is 2.37. The molecule has 0 aliphatic heterocycles. The van der Waals surface area contributed by atoms with Crippen LogP contribution in [0.2, 0.25) is 0 Å². The molecular formula is C16H16N4O2S. The summed E-state index contributed by atoms with van der Waals surface area (Å²) >= 11 is 1.62. The first-order chi connectivity index (χ1) is 11.2. The van der Waals surface area contributed by atoms with Crippen LogP contribution in [0.15, 0.2) is 22.6 Å². The number of fused-ring (bicyclic) bond motifs is 1. The molecule has 1 amide bonds. The van der Waals surface area contributed by atoms with Gasteiger partial charge in [-0.3, -0.25) is 4.79 Å². The maximum atomic E-state index is 11.7. The molecule has 0 radical (unpaired) electrons. The molecule has 0 atom stereocenters. The van der Waals surface area contributed by atoms with Crippen LogP contribution in [0.1, 0.15) is 35.2 Å². The number of thiazole rings is 1. The molecule has 2 aromatic heterocycles. The van der Waals surface area contributed by atoms with Gasteiger partial charge in [-0.1, -0.05) is 6.07 Å². The number of carbonyl (C=O) groups is 1. The molecule has 1 aliphatic carbocycles. The minimum atomic E-state index is -0.0573. The van der Waals surface area contributed by atoms with Crippen molar-refractivity contribution >= 4 is 27.5 Å². The fourth-order valence-corrected chi connectivity index (χ4v) is 3.30. The molecule has 7 heteroatoms. The van der Waals surface area contributed by atoms with Gasteiger partial charge >= 0.3 is 0 Å². The van der Waals surface area contributed by atoms with E-state index in [9.17, 15) is 4.79 Å². The average molecular weight is 328 g/mol. The number of hydrogen-bond acceptors (Lipinski definition) is 6. The standard InChI is InChI=1S/C16H16N4O2S/c1-9-2-5-12-11(6-9)18-16(23-12)8-15-20-19-14(22-15)7-13(21)17-10-3-4-10/h2,5-6,10H,3-4,7-8H2,1H3,(H,17,21). The Kier molecular flexibility index (Phi) is 3.57. The predicted octanol–water partition coefficient (Wildman–Crippen LogP) is 2.40. The van der Waals surface area contributed by atoms with Crippen LogP contribution in [-0.4, -0.2) is 27.1 Å². The first kappa shape index (κ1) is 14.3. The fraction of sp³-hybridized carbons (Fsp3) is 0.375. The Morgan fingerprint density at radius 1 is 1.35 bits per heavy atom. The monoisotopic (exact) mass is 328 g/mol. The van der Waals surface area contributed by atoms with E-state index in [0.717, 1.165) is 28.1 Å². The summed E-state index contributed by atoms with van der Waals surface area (Å²) in [6, 6.07) is 6.56. The van der Waals surface area contributed by atoms with Crippen LogP contribution >= 0.6 is 11.3 Å². The molecule has 4 rings (SSSR count). The first-order valence-corrected chi connectivity index (χ1v) is 8.44. The van der Waals surface area contributed by atoms with Gasteiger partial charge in [0, 0.05) is 6.04 Å². The van der Waals surface area contributed by atoms with Crippen molar-refractivity contribution in [1.82, 2.24) is 20.5 Å². The number of rotatable bonds is 5. The SMILES string of the molecule is Cc1ccc2sc(Cc3nnc(CC(=O)NC4CC4)o3)nc2c1. The highest BCUT2D eigenvalue weighted by Gasteiger charge is 2.24. The highest BCUT2D eigenvalue weighted by molar-refractivity contribution is 7.18. The van der Waals surface area contributed by atoms with Crippen molar-refractivity contribution in [1.29, 1.82) is 0 Å². The minimum Gasteiger partial charge on any atom is -0.424 e. The van der Waals surface area contributed by atoms with Crippen molar-refractivity contribution in [3.8, 4) is 0 Å². The van der Waals surface area contributed by atoms with Crippen LogP contribution in [0.4, 0.5) is 0 Å². The summed E-state index contributed by atoms with van der Waals surface area (Å²) in [5.74, 6) is 0.795. The summed E-state index contributed by atoms with van der Waals surface area (Å²) in [7, 11) is 0. The summed E-state index contributed by atoms with van der Waals surface area (Å²) < 4.78 is 6.71. The zero-order valence-electron chi connectivity index (χ0n) is 12.7. The van der Waals surface area contributed by atoms with E-state index in [1.165, 1.54) is 5.56 Å². The van der Waals surface area contributed by atoms with E-state index in [1.54, 1.807) is 11.3 Å². The Morgan fingerprint density at radius 2 is 2.17 bits per heavy atom. The van der Waals surface area contributed by atoms with Crippen LogP contribution in [0, 0.1) is 6.92 Å². The van der Waals surface area contributed by atoms with E-state index in [-0.39, 0.29) is 12.3 Å². The van der Waals surface area contributed by atoms with Crippen molar-refractivity contribution in [2.45, 2.75) is 38.6 Å². The van der Waals surface area contributed by atoms with Gasteiger partial charge in [0.1, 0.15) is 11.4 Å². The lowest BCUT2D eigenvalue weighted by Crippen LogP contribution is -2.27. The molecule has 2 heterocycles. The number of hydrogen-bond donors (Lipinski definition) is 1. The van der Waals surface area contributed by atoms with Gasteiger partial charge in [-0.2, -0.15) is 0 Å². The first-order valence-electron chi connectivity index (χ1n) is 7.62. The maximum Gasteiger partial charge on any atom is 0.229 e.